The molecule has 0 atom stereocenters. The molecule has 1 aromatic carbocycles. The van der Waals surface area contributed by atoms with Crippen molar-refractivity contribution >= 4 is 17.6 Å². The quantitative estimate of drug-likeness (QED) is 0.744. The van der Waals surface area contributed by atoms with Gasteiger partial charge in [-0.2, -0.15) is 0 Å². The summed E-state index contributed by atoms with van der Waals surface area (Å²) in [7, 11) is 0. The van der Waals surface area contributed by atoms with Crippen LogP contribution >= 0.6 is 0 Å². The van der Waals surface area contributed by atoms with E-state index in [4.69, 9.17) is 9.47 Å². The zero-order chi connectivity index (χ0) is 15.7. The van der Waals surface area contributed by atoms with Crippen molar-refractivity contribution in [2.75, 3.05) is 26.4 Å². The maximum atomic E-state index is 12.1. The van der Waals surface area contributed by atoms with Crippen LogP contribution in [0.1, 0.15) is 12.5 Å². The van der Waals surface area contributed by atoms with Crippen LogP contribution in [-0.2, 0) is 20.9 Å². The lowest BCUT2D eigenvalue weighted by Crippen LogP contribution is -2.53. The van der Waals surface area contributed by atoms with Crippen LogP contribution in [0.2, 0.25) is 0 Å². The summed E-state index contributed by atoms with van der Waals surface area (Å²) in [5, 5.41) is 0. The first-order valence-corrected chi connectivity index (χ1v) is 7.01. The number of piperazine rings is 1. The minimum Gasteiger partial charge on any atom is -0.454 e. The van der Waals surface area contributed by atoms with Crippen molar-refractivity contribution in [1.82, 2.24) is 9.80 Å². The minimum absolute atomic E-state index is 0.0526. The Bertz CT molecular complexity index is 643. The van der Waals surface area contributed by atoms with Crippen molar-refractivity contribution in [3.05, 3.63) is 23.8 Å². The van der Waals surface area contributed by atoms with Crippen LogP contribution < -0.4 is 9.47 Å². The number of hydrogen-bond acceptors (Lipinski definition) is 5. The number of ketones is 1. The van der Waals surface area contributed by atoms with Gasteiger partial charge < -0.3 is 19.3 Å². The van der Waals surface area contributed by atoms with Crippen molar-refractivity contribution in [1.29, 1.82) is 0 Å². The fourth-order valence-electron chi connectivity index (χ4n) is 2.53. The monoisotopic (exact) mass is 304 g/mol. The average Bonchev–Trinajstić information content (AvgIpc) is 2.96. The molecule has 0 unspecified atom stereocenters. The summed E-state index contributed by atoms with van der Waals surface area (Å²) in [5.74, 6) is 0.0638. The SMILES string of the molecule is CC(=O)C(=O)N1CCN(Cc2ccc3c(c2)OCO3)C(=O)C1. The van der Waals surface area contributed by atoms with Crippen molar-refractivity contribution in [3.8, 4) is 11.5 Å². The topological polar surface area (TPSA) is 76.2 Å². The lowest BCUT2D eigenvalue weighted by Gasteiger charge is -2.33. The van der Waals surface area contributed by atoms with Gasteiger partial charge in [-0.15, -0.1) is 0 Å². The maximum Gasteiger partial charge on any atom is 0.290 e. The van der Waals surface area contributed by atoms with E-state index in [2.05, 4.69) is 0 Å². The Kier molecular flexibility index (Phi) is 3.70. The summed E-state index contributed by atoms with van der Waals surface area (Å²) < 4.78 is 10.6. The number of carbonyl (C=O) groups excluding carboxylic acids is 3. The molecule has 0 saturated carbocycles. The third-order valence-corrected chi connectivity index (χ3v) is 3.72. The summed E-state index contributed by atoms with van der Waals surface area (Å²) in [6, 6.07) is 5.55. The molecule has 0 aliphatic carbocycles. The average molecular weight is 304 g/mol. The second-order valence-corrected chi connectivity index (χ2v) is 5.29. The van der Waals surface area contributed by atoms with Gasteiger partial charge in [0.25, 0.3) is 5.91 Å². The van der Waals surface area contributed by atoms with Gasteiger partial charge in [0.2, 0.25) is 18.5 Å². The van der Waals surface area contributed by atoms with Crippen molar-refractivity contribution in [2.24, 2.45) is 0 Å². The predicted molar refractivity (Wildman–Crippen MR) is 75.2 cm³/mol. The molecule has 0 aromatic heterocycles. The Balaban J connectivity index is 1.64. The summed E-state index contributed by atoms with van der Waals surface area (Å²) in [6.45, 7) is 2.59. The largest absolute Gasteiger partial charge is 0.454 e. The molecule has 0 spiro atoms. The minimum atomic E-state index is -0.601. The van der Waals surface area contributed by atoms with Crippen molar-refractivity contribution in [3.63, 3.8) is 0 Å². The summed E-state index contributed by atoms with van der Waals surface area (Å²) in [4.78, 5) is 37.8. The van der Waals surface area contributed by atoms with E-state index in [1.807, 2.05) is 18.2 Å². The highest BCUT2D eigenvalue weighted by Crippen LogP contribution is 2.32. The van der Waals surface area contributed by atoms with Gasteiger partial charge in [-0.3, -0.25) is 14.4 Å². The number of benzene rings is 1. The molecule has 7 heteroatoms. The highest BCUT2D eigenvalue weighted by molar-refractivity contribution is 6.35. The molecule has 2 aliphatic heterocycles. The summed E-state index contributed by atoms with van der Waals surface area (Å²) >= 11 is 0. The summed E-state index contributed by atoms with van der Waals surface area (Å²) in [5.41, 5.74) is 0.934. The standard InChI is InChI=1S/C15H16N2O5/c1-10(18)15(20)17-5-4-16(14(19)8-17)7-11-2-3-12-13(6-11)22-9-21-12/h2-3,6H,4-5,7-9H2,1H3. The highest BCUT2D eigenvalue weighted by Gasteiger charge is 2.29. The molecular formula is C15H16N2O5. The van der Waals surface area contributed by atoms with E-state index in [0.29, 0.717) is 31.1 Å². The zero-order valence-electron chi connectivity index (χ0n) is 12.2. The van der Waals surface area contributed by atoms with Crippen LogP contribution in [0, 0.1) is 0 Å². The lowest BCUT2D eigenvalue weighted by molar-refractivity contribution is -0.150. The van der Waals surface area contributed by atoms with E-state index in [9.17, 15) is 14.4 Å². The molecule has 22 heavy (non-hydrogen) atoms. The molecule has 1 aromatic rings. The third-order valence-electron chi connectivity index (χ3n) is 3.72. The van der Waals surface area contributed by atoms with Crippen molar-refractivity contribution in [2.45, 2.75) is 13.5 Å². The van der Waals surface area contributed by atoms with Gasteiger partial charge in [0.15, 0.2) is 11.5 Å². The van der Waals surface area contributed by atoms with E-state index >= 15 is 0 Å². The smallest absolute Gasteiger partial charge is 0.290 e. The van der Waals surface area contributed by atoms with Crippen LogP contribution in [0.3, 0.4) is 0 Å². The van der Waals surface area contributed by atoms with Gasteiger partial charge >= 0.3 is 0 Å². The first-order chi connectivity index (χ1) is 10.5. The number of amides is 2. The van der Waals surface area contributed by atoms with Gasteiger partial charge in [0, 0.05) is 26.6 Å². The molecule has 3 rings (SSSR count). The van der Waals surface area contributed by atoms with Gasteiger partial charge in [0.1, 0.15) is 6.54 Å². The van der Waals surface area contributed by atoms with Crippen LogP contribution in [0.15, 0.2) is 18.2 Å². The van der Waals surface area contributed by atoms with Crippen LogP contribution in [-0.4, -0.2) is 53.8 Å². The molecule has 2 aliphatic rings. The van der Waals surface area contributed by atoms with Crippen LogP contribution in [0.25, 0.3) is 0 Å². The Morgan fingerprint density at radius 2 is 1.95 bits per heavy atom. The molecule has 0 bridgehead atoms. The predicted octanol–water partition coefficient (Wildman–Crippen LogP) is 0.175. The number of Topliss-reactive ketones (excluding diaryl/α,β-unsaturated/α-hetero) is 1. The van der Waals surface area contributed by atoms with Gasteiger partial charge in [-0.05, 0) is 17.7 Å². The molecule has 0 N–H and O–H groups in total. The highest BCUT2D eigenvalue weighted by atomic mass is 16.7. The van der Waals surface area contributed by atoms with E-state index in [-0.39, 0.29) is 19.2 Å². The van der Waals surface area contributed by atoms with E-state index < -0.39 is 11.7 Å². The fraction of sp³-hybridized carbons (Fsp3) is 0.400. The molecule has 2 heterocycles. The molecule has 2 amide bonds. The van der Waals surface area contributed by atoms with Crippen LogP contribution in [0.5, 0.6) is 11.5 Å². The first kappa shape index (κ1) is 14.4. The molecule has 1 saturated heterocycles. The Morgan fingerprint density at radius 3 is 2.68 bits per heavy atom. The molecule has 0 radical (unpaired) electrons. The van der Waals surface area contributed by atoms with Crippen molar-refractivity contribution < 1.29 is 23.9 Å². The molecule has 7 nitrogen and oxygen atoms in total. The Morgan fingerprint density at radius 1 is 1.18 bits per heavy atom. The number of ether oxygens (including phenoxy) is 2. The fourth-order valence-corrected chi connectivity index (χ4v) is 2.53. The zero-order valence-corrected chi connectivity index (χ0v) is 12.2. The normalized spacial score (nSPS) is 16.9. The number of nitrogens with zero attached hydrogens (tertiary/aromatic N) is 2. The van der Waals surface area contributed by atoms with Gasteiger partial charge in [-0.25, -0.2) is 0 Å². The van der Waals surface area contributed by atoms with E-state index in [1.54, 1.807) is 4.90 Å². The number of carbonyl (C=O) groups is 3. The van der Waals surface area contributed by atoms with E-state index in [0.717, 1.165) is 5.56 Å². The number of hydrogen-bond donors (Lipinski definition) is 0. The number of fused-ring (bicyclic) bond motifs is 1. The molecule has 116 valence electrons. The second-order valence-electron chi connectivity index (χ2n) is 5.29. The second kappa shape index (κ2) is 5.67. The van der Waals surface area contributed by atoms with Gasteiger partial charge in [0.05, 0.1) is 0 Å². The van der Waals surface area contributed by atoms with Crippen LogP contribution in [0.4, 0.5) is 0 Å². The van der Waals surface area contributed by atoms with Gasteiger partial charge in [-0.1, -0.05) is 6.07 Å². The third kappa shape index (κ3) is 2.74. The summed E-state index contributed by atoms with van der Waals surface area (Å²) in [6.07, 6.45) is 0. The molecule has 1 fully saturated rings. The Labute approximate surface area is 127 Å². The lowest BCUT2D eigenvalue weighted by atomic mass is 10.1. The maximum absolute atomic E-state index is 12.1. The van der Waals surface area contributed by atoms with E-state index in [1.165, 1.54) is 11.8 Å². The number of rotatable bonds is 3. The Hall–Kier alpha value is -2.57. The first-order valence-electron chi connectivity index (χ1n) is 7.01. The molecular weight excluding hydrogens is 288 g/mol.